The van der Waals surface area contributed by atoms with E-state index in [-0.39, 0.29) is 12.4 Å². The number of benzene rings is 3. The Hall–Kier alpha value is -3.84. The van der Waals surface area contributed by atoms with E-state index in [9.17, 15) is 4.79 Å². The van der Waals surface area contributed by atoms with Gasteiger partial charge in [-0.2, -0.15) is 0 Å². The number of nitrogens with one attached hydrogen (secondary N) is 2. The van der Waals surface area contributed by atoms with Gasteiger partial charge < -0.3 is 15.2 Å². The third kappa shape index (κ3) is 5.07. The highest BCUT2D eigenvalue weighted by Gasteiger charge is 2.19. The number of anilines is 1. The zero-order chi connectivity index (χ0) is 22.5. The Morgan fingerprint density at radius 3 is 2.59 bits per heavy atom. The molecule has 1 aromatic heterocycles. The Balaban J connectivity index is 1.54. The summed E-state index contributed by atoms with van der Waals surface area (Å²) in [6.45, 7) is 1.99. The number of carbonyl (C=O) groups excluding carboxylic acids is 1. The SMILES string of the molecule is Cc1cccc(NC(=O)OCC(Oc2cccc3sc(C(=N)N)cc23)c2ccccc2)c1. The average molecular weight is 446 g/mol. The minimum atomic E-state index is -0.548. The van der Waals surface area contributed by atoms with Crippen molar-refractivity contribution in [1.29, 1.82) is 5.41 Å². The number of amidine groups is 1. The first-order valence-corrected chi connectivity index (χ1v) is 10.9. The Morgan fingerprint density at radius 1 is 1.06 bits per heavy atom. The number of amides is 1. The largest absolute Gasteiger partial charge is 0.481 e. The molecule has 162 valence electrons. The van der Waals surface area contributed by atoms with Crippen LogP contribution in [0.5, 0.6) is 5.75 Å². The lowest BCUT2D eigenvalue weighted by molar-refractivity contribution is 0.0910. The molecule has 32 heavy (non-hydrogen) atoms. The molecule has 0 aliphatic carbocycles. The molecule has 1 atom stereocenters. The summed E-state index contributed by atoms with van der Waals surface area (Å²) in [6, 6.07) is 24.7. The summed E-state index contributed by atoms with van der Waals surface area (Å²) in [5, 5.41) is 11.3. The molecule has 0 aliphatic heterocycles. The van der Waals surface area contributed by atoms with Gasteiger partial charge in [-0.25, -0.2) is 4.79 Å². The lowest BCUT2D eigenvalue weighted by atomic mass is 10.1. The van der Waals surface area contributed by atoms with Crippen molar-refractivity contribution in [1.82, 2.24) is 0 Å². The van der Waals surface area contributed by atoms with Gasteiger partial charge in [0.05, 0.1) is 4.88 Å². The van der Waals surface area contributed by atoms with Crippen LogP contribution in [0.25, 0.3) is 10.1 Å². The zero-order valence-corrected chi connectivity index (χ0v) is 18.3. The van der Waals surface area contributed by atoms with Gasteiger partial charge in [-0.1, -0.05) is 48.5 Å². The maximum atomic E-state index is 12.4. The molecular formula is C25H23N3O3S. The van der Waals surface area contributed by atoms with Crippen molar-refractivity contribution in [3.8, 4) is 5.75 Å². The van der Waals surface area contributed by atoms with Crippen molar-refractivity contribution in [2.75, 3.05) is 11.9 Å². The molecule has 4 N–H and O–H groups in total. The molecule has 0 bridgehead atoms. The third-order valence-electron chi connectivity index (χ3n) is 4.86. The zero-order valence-electron chi connectivity index (χ0n) is 17.5. The van der Waals surface area contributed by atoms with Crippen LogP contribution in [-0.4, -0.2) is 18.5 Å². The maximum absolute atomic E-state index is 12.4. The number of hydrogen-bond acceptors (Lipinski definition) is 5. The van der Waals surface area contributed by atoms with Crippen LogP contribution in [0.1, 0.15) is 22.1 Å². The number of fused-ring (bicyclic) bond motifs is 1. The number of carbonyl (C=O) groups is 1. The molecule has 1 heterocycles. The second-order valence-corrected chi connectivity index (χ2v) is 8.39. The van der Waals surface area contributed by atoms with Crippen LogP contribution in [-0.2, 0) is 4.74 Å². The van der Waals surface area contributed by atoms with E-state index in [2.05, 4.69) is 5.32 Å². The molecule has 7 heteroatoms. The van der Waals surface area contributed by atoms with E-state index in [0.29, 0.717) is 16.3 Å². The molecule has 4 rings (SSSR count). The molecular weight excluding hydrogens is 422 g/mol. The fourth-order valence-corrected chi connectivity index (χ4v) is 4.26. The molecule has 4 aromatic rings. The highest BCUT2D eigenvalue weighted by Crippen LogP contribution is 2.35. The lowest BCUT2D eigenvalue weighted by Crippen LogP contribution is -2.21. The predicted molar refractivity (Wildman–Crippen MR) is 129 cm³/mol. The van der Waals surface area contributed by atoms with E-state index >= 15 is 0 Å². The first-order valence-electron chi connectivity index (χ1n) is 10.1. The summed E-state index contributed by atoms with van der Waals surface area (Å²) >= 11 is 1.44. The van der Waals surface area contributed by atoms with E-state index in [1.165, 1.54) is 11.3 Å². The summed E-state index contributed by atoms with van der Waals surface area (Å²) in [4.78, 5) is 13.1. The standard InChI is InChI=1S/C25H23N3O3S/c1-16-7-5-10-18(13-16)28-25(29)30-15-21(17-8-3-2-4-9-17)31-20-11-6-12-22-19(20)14-23(32-22)24(26)27/h2-14,21H,15H2,1H3,(H3,26,27)(H,28,29). The van der Waals surface area contributed by atoms with Crippen LogP contribution in [0, 0.1) is 12.3 Å². The number of ether oxygens (including phenoxy) is 2. The van der Waals surface area contributed by atoms with Gasteiger partial charge in [0.2, 0.25) is 0 Å². The fourth-order valence-electron chi connectivity index (χ4n) is 3.32. The molecule has 6 nitrogen and oxygen atoms in total. The van der Waals surface area contributed by atoms with Crippen molar-refractivity contribution in [2.24, 2.45) is 5.73 Å². The second-order valence-electron chi connectivity index (χ2n) is 7.30. The minimum absolute atomic E-state index is 0.0212. The fraction of sp³-hybridized carbons (Fsp3) is 0.120. The van der Waals surface area contributed by atoms with Gasteiger partial charge in [-0.05, 0) is 48.4 Å². The normalized spacial score (nSPS) is 11.7. The second kappa shape index (κ2) is 9.53. The average Bonchev–Trinajstić information content (AvgIpc) is 3.23. The summed E-state index contributed by atoms with van der Waals surface area (Å²) in [7, 11) is 0. The van der Waals surface area contributed by atoms with Crippen LogP contribution in [0.15, 0.2) is 78.9 Å². The number of nitrogens with two attached hydrogens (primary N) is 1. The highest BCUT2D eigenvalue weighted by atomic mass is 32.1. The van der Waals surface area contributed by atoms with Gasteiger partial charge in [-0.15, -0.1) is 11.3 Å². The summed E-state index contributed by atoms with van der Waals surface area (Å²) in [5.41, 5.74) is 8.26. The van der Waals surface area contributed by atoms with Gasteiger partial charge in [0.15, 0.2) is 6.10 Å². The minimum Gasteiger partial charge on any atom is -0.481 e. The smallest absolute Gasteiger partial charge is 0.411 e. The highest BCUT2D eigenvalue weighted by molar-refractivity contribution is 7.20. The van der Waals surface area contributed by atoms with Crippen molar-refractivity contribution in [3.63, 3.8) is 0 Å². The van der Waals surface area contributed by atoms with E-state index < -0.39 is 12.2 Å². The summed E-state index contributed by atoms with van der Waals surface area (Å²) < 4.78 is 12.8. The lowest BCUT2D eigenvalue weighted by Gasteiger charge is -2.20. The Bertz CT molecular complexity index is 1250. The monoisotopic (exact) mass is 445 g/mol. The molecule has 0 aliphatic rings. The first kappa shape index (κ1) is 21.4. The number of rotatable bonds is 7. The first-order chi connectivity index (χ1) is 15.5. The predicted octanol–water partition coefficient (Wildman–Crippen LogP) is 5.86. The van der Waals surface area contributed by atoms with Gasteiger partial charge in [0.1, 0.15) is 18.2 Å². The summed E-state index contributed by atoms with van der Waals surface area (Å²) in [5.74, 6) is 0.663. The number of hydrogen-bond donors (Lipinski definition) is 3. The number of thiophene rings is 1. The van der Waals surface area contributed by atoms with Crippen LogP contribution in [0.2, 0.25) is 0 Å². The van der Waals surface area contributed by atoms with Crippen LogP contribution >= 0.6 is 11.3 Å². The Kier molecular flexibility index (Phi) is 6.37. The van der Waals surface area contributed by atoms with Crippen molar-refractivity contribution < 1.29 is 14.3 Å². The molecule has 0 radical (unpaired) electrons. The van der Waals surface area contributed by atoms with E-state index in [1.54, 1.807) is 0 Å². The van der Waals surface area contributed by atoms with Crippen molar-refractivity contribution >= 4 is 39.0 Å². The van der Waals surface area contributed by atoms with Gasteiger partial charge >= 0.3 is 6.09 Å². The van der Waals surface area contributed by atoms with Gasteiger partial charge in [-0.3, -0.25) is 10.7 Å². The quantitative estimate of drug-likeness (QED) is 0.245. The number of nitrogen functional groups attached to an aromatic ring is 1. The van der Waals surface area contributed by atoms with Gasteiger partial charge in [0.25, 0.3) is 0 Å². The molecule has 0 saturated heterocycles. The molecule has 0 spiro atoms. The van der Waals surface area contributed by atoms with Crippen molar-refractivity contribution in [2.45, 2.75) is 13.0 Å². The molecule has 0 fully saturated rings. The van der Waals surface area contributed by atoms with Crippen LogP contribution in [0.4, 0.5) is 10.5 Å². The third-order valence-corrected chi connectivity index (χ3v) is 5.99. The molecule has 1 unspecified atom stereocenters. The molecule has 1 amide bonds. The molecule has 0 saturated carbocycles. The summed E-state index contributed by atoms with van der Waals surface area (Å²) in [6.07, 6.45) is -1.06. The maximum Gasteiger partial charge on any atom is 0.411 e. The number of aryl methyl sites for hydroxylation is 1. The van der Waals surface area contributed by atoms with Crippen LogP contribution in [0.3, 0.4) is 0 Å². The molecule has 3 aromatic carbocycles. The van der Waals surface area contributed by atoms with Gasteiger partial charge in [0, 0.05) is 15.8 Å². The Morgan fingerprint density at radius 2 is 1.84 bits per heavy atom. The van der Waals surface area contributed by atoms with Crippen molar-refractivity contribution in [3.05, 3.63) is 94.9 Å². The van der Waals surface area contributed by atoms with E-state index in [1.807, 2.05) is 85.8 Å². The Labute approximate surface area is 190 Å². The van der Waals surface area contributed by atoms with E-state index in [0.717, 1.165) is 21.2 Å². The topological polar surface area (TPSA) is 97.4 Å². The van der Waals surface area contributed by atoms with Crippen LogP contribution < -0.4 is 15.8 Å². The van der Waals surface area contributed by atoms with E-state index in [4.69, 9.17) is 20.6 Å².